The van der Waals surface area contributed by atoms with E-state index in [4.69, 9.17) is 4.84 Å². The molecule has 0 spiro atoms. The minimum Gasteiger partial charge on any atom is -0.481 e. The molecule has 242 valence electrons. The van der Waals surface area contributed by atoms with Crippen LogP contribution in [0.2, 0.25) is 0 Å². The Morgan fingerprint density at radius 3 is 2.36 bits per heavy atom. The first-order chi connectivity index (χ1) is 20.4. The van der Waals surface area contributed by atoms with Crippen LogP contribution in [-0.4, -0.2) is 39.2 Å². The topological polar surface area (TPSA) is 122 Å². The van der Waals surface area contributed by atoms with Crippen molar-refractivity contribution in [3.8, 4) is 0 Å². The largest absolute Gasteiger partial charge is 0.481 e. The first-order valence-electron chi connectivity index (χ1n) is 16.6. The highest BCUT2D eigenvalue weighted by Gasteiger charge is 2.69. The predicted octanol–water partition coefficient (Wildman–Crippen LogP) is 7.51. The van der Waals surface area contributed by atoms with Crippen molar-refractivity contribution < 1.29 is 29.1 Å². The molecule has 8 nitrogen and oxygen atoms in total. The van der Waals surface area contributed by atoms with Crippen molar-refractivity contribution in [1.82, 2.24) is 5.32 Å². The number of thioether (sulfide) groups is 1. The normalized spacial score (nSPS) is 44.8. The molecule has 0 aromatic carbocycles. The molecule has 2 amide bonds. The van der Waals surface area contributed by atoms with E-state index in [1.807, 2.05) is 0 Å². The number of amides is 2. The second kappa shape index (κ2) is 10.2. The Hall–Kier alpha value is -2.16. The molecule has 0 radical (unpaired) electrons. The number of hydrogen-bond acceptors (Lipinski definition) is 7. The van der Waals surface area contributed by atoms with E-state index in [1.54, 1.807) is 0 Å². The van der Waals surface area contributed by atoms with E-state index in [2.05, 4.69) is 65.0 Å². The molecule has 4 saturated carbocycles. The number of oxime groups is 1. The van der Waals surface area contributed by atoms with Gasteiger partial charge in [0.1, 0.15) is 5.25 Å². The molecule has 1 saturated heterocycles. The number of carboxylic acids is 1. The Labute approximate surface area is 265 Å². The standard InChI is InChI=1S/C35H50N2O6S/c1-30(2)14-16-35(28(40)41)17-15-33(6)20(21(35)19-30)8-9-24-32(5)12-11-25(31(3,4)23(32)10-13-34(24,33)7)37-43-26(38)18-22-27(39)36-29(42)44-22/h8,21-24H,9-19H2,1-7H3,(H,40,41)(H,36,39,42)/b37-25+/t21-,22?,23-,24+,32-,33+,34+,35-/m0/s1. The summed E-state index contributed by atoms with van der Waals surface area (Å²) in [6.07, 6.45) is 11.5. The van der Waals surface area contributed by atoms with Crippen LogP contribution in [-0.2, 0) is 19.2 Å². The molecule has 5 aliphatic carbocycles. The summed E-state index contributed by atoms with van der Waals surface area (Å²) in [5.74, 6) is -0.713. The van der Waals surface area contributed by atoms with Crippen LogP contribution < -0.4 is 5.32 Å². The fourth-order valence-corrected chi connectivity index (χ4v) is 12.2. The lowest BCUT2D eigenvalue weighted by Gasteiger charge is -2.70. The van der Waals surface area contributed by atoms with E-state index < -0.39 is 33.7 Å². The van der Waals surface area contributed by atoms with E-state index in [-0.39, 0.29) is 39.4 Å². The minimum atomic E-state index is -0.764. The van der Waals surface area contributed by atoms with Crippen LogP contribution in [0.25, 0.3) is 0 Å². The number of carbonyl (C=O) groups is 4. The maximum atomic E-state index is 12.9. The van der Waals surface area contributed by atoms with Gasteiger partial charge in [0.25, 0.3) is 5.24 Å². The number of aliphatic carboxylic acids is 1. The summed E-state index contributed by atoms with van der Waals surface area (Å²) >= 11 is 0.820. The second-order valence-electron chi connectivity index (χ2n) is 17.0. The molecule has 2 N–H and O–H groups in total. The number of allylic oxidation sites excluding steroid dienone is 2. The maximum absolute atomic E-state index is 12.9. The van der Waals surface area contributed by atoms with Crippen molar-refractivity contribution in [2.24, 2.45) is 55.4 Å². The van der Waals surface area contributed by atoms with Gasteiger partial charge in [-0.1, -0.05) is 77.0 Å². The van der Waals surface area contributed by atoms with Crippen molar-refractivity contribution in [2.45, 2.75) is 124 Å². The average Bonchev–Trinajstić information content (AvgIpc) is 3.23. The zero-order valence-electron chi connectivity index (χ0n) is 27.5. The third-order valence-electron chi connectivity index (χ3n) is 14.2. The predicted molar refractivity (Wildman–Crippen MR) is 170 cm³/mol. The highest BCUT2D eigenvalue weighted by Crippen LogP contribution is 2.75. The molecular formula is C35H50N2O6S. The molecule has 8 atom stereocenters. The van der Waals surface area contributed by atoms with Crippen LogP contribution in [0.4, 0.5) is 4.79 Å². The lowest BCUT2D eigenvalue weighted by Crippen LogP contribution is -2.64. The number of imide groups is 1. The van der Waals surface area contributed by atoms with Crippen LogP contribution in [0.1, 0.15) is 119 Å². The van der Waals surface area contributed by atoms with Crippen molar-refractivity contribution in [2.75, 3.05) is 0 Å². The second-order valence-corrected chi connectivity index (χ2v) is 18.2. The van der Waals surface area contributed by atoms with E-state index >= 15 is 0 Å². The Morgan fingerprint density at radius 2 is 1.70 bits per heavy atom. The number of fused-ring (bicyclic) bond motifs is 7. The van der Waals surface area contributed by atoms with Gasteiger partial charge in [0, 0.05) is 5.41 Å². The van der Waals surface area contributed by atoms with Gasteiger partial charge in [0.05, 0.1) is 17.5 Å². The first kappa shape index (κ1) is 31.8. The number of carboxylic acid groups (broad SMARTS) is 1. The number of nitrogens with zero attached hydrogens (tertiary/aromatic N) is 1. The molecular weight excluding hydrogens is 576 g/mol. The highest BCUT2D eigenvalue weighted by molar-refractivity contribution is 8.15. The molecule has 1 heterocycles. The van der Waals surface area contributed by atoms with Gasteiger partial charge in [-0.3, -0.25) is 19.7 Å². The number of carbonyl (C=O) groups excluding carboxylic acids is 3. The van der Waals surface area contributed by atoms with Crippen LogP contribution in [0, 0.1) is 50.2 Å². The van der Waals surface area contributed by atoms with Crippen LogP contribution >= 0.6 is 11.8 Å². The molecule has 6 aliphatic rings. The van der Waals surface area contributed by atoms with Gasteiger partial charge in [0.2, 0.25) is 5.91 Å². The Balaban J connectivity index is 1.26. The van der Waals surface area contributed by atoms with Crippen LogP contribution in [0.15, 0.2) is 16.8 Å². The molecule has 5 fully saturated rings. The molecule has 0 aromatic rings. The molecule has 0 bridgehead atoms. The van der Waals surface area contributed by atoms with E-state index in [0.717, 1.165) is 81.7 Å². The van der Waals surface area contributed by atoms with Gasteiger partial charge < -0.3 is 9.94 Å². The van der Waals surface area contributed by atoms with Crippen molar-refractivity contribution in [3.05, 3.63) is 11.6 Å². The Morgan fingerprint density at radius 1 is 1.00 bits per heavy atom. The number of hydrogen-bond donors (Lipinski definition) is 2. The van der Waals surface area contributed by atoms with Gasteiger partial charge >= 0.3 is 11.9 Å². The SMILES string of the molecule is CC1(C)CC[C@]2(C(=O)O)CC[C@]3(C)C(=CC[C@@H]4[C@@]5(C)CC/C(=N\OC(=O)CC6SC(=O)NC6=O)C(C)(C)[C@@H]5CC[C@]43C)[C@@H]2C1. The highest BCUT2D eigenvalue weighted by atomic mass is 32.2. The van der Waals surface area contributed by atoms with Gasteiger partial charge in [-0.25, -0.2) is 4.79 Å². The van der Waals surface area contributed by atoms with Crippen LogP contribution in [0.3, 0.4) is 0 Å². The van der Waals surface area contributed by atoms with Gasteiger partial charge in [-0.15, -0.1) is 0 Å². The van der Waals surface area contributed by atoms with Crippen LogP contribution in [0.5, 0.6) is 0 Å². The maximum Gasteiger partial charge on any atom is 0.336 e. The van der Waals surface area contributed by atoms with E-state index in [1.165, 1.54) is 5.57 Å². The third-order valence-corrected chi connectivity index (χ3v) is 15.2. The first-order valence-corrected chi connectivity index (χ1v) is 17.5. The minimum absolute atomic E-state index is 0.0269. The average molecular weight is 627 g/mol. The summed E-state index contributed by atoms with van der Waals surface area (Å²) in [6, 6.07) is 0. The van der Waals surface area contributed by atoms with Gasteiger partial charge in [-0.05, 0) is 104 Å². The molecule has 0 aromatic heterocycles. The van der Waals surface area contributed by atoms with E-state index in [0.29, 0.717) is 11.8 Å². The summed E-state index contributed by atoms with van der Waals surface area (Å²) in [4.78, 5) is 54.2. The molecule has 9 heteroatoms. The molecule has 1 unspecified atom stereocenters. The Bertz CT molecular complexity index is 1370. The molecule has 6 rings (SSSR count). The molecule has 44 heavy (non-hydrogen) atoms. The number of rotatable bonds is 4. The zero-order valence-corrected chi connectivity index (χ0v) is 28.3. The van der Waals surface area contributed by atoms with Crippen molar-refractivity contribution in [1.29, 1.82) is 0 Å². The number of nitrogens with one attached hydrogen (secondary N) is 1. The van der Waals surface area contributed by atoms with Crippen molar-refractivity contribution in [3.63, 3.8) is 0 Å². The van der Waals surface area contributed by atoms with Crippen molar-refractivity contribution >= 4 is 40.6 Å². The zero-order chi connectivity index (χ0) is 32.1. The Kier molecular flexibility index (Phi) is 7.35. The monoisotopic (exact) mass is 626 g/mol. The fraction of sp³-hybridized carbons (Fsp3) is 0.800. The summed E-state index contributed by atoms with van der Waals surface area (Å²) in [7, 11) is 0. The van der Waals surface area contributed by atoms with E-state index in [9.17, 15) is 24.3 Å². The lowest BCUT2D eigenvalue weighted by molar-refractivity contribution is -0.179. The lowest BCUT2D eigenvalue weighted by atomic mass is 9.33. The smallest absolute Gasteiger partial charge is 0.336 e. The summed E-state index contributed by atoms with van der Waals surface area (Å²) < 4.78 is 0. The molecule has 1 aliphatic heterocycles. The summed E-state index contributed by atoms with van der Waals surface area (Å²) in [6.45, 7) is 16.6. The summed E-state index contributed by atoms with van der Waals surface area (Å²) in [5.41, 5.74) is 1.70. The third kappa shape index (κ3) is 4.48. The quantitative estimate of drug-likeness (QED) is 0.188. The van der Waals surface area contributed by atoms with Gasteiger partial charge in [0.15, 0.2) is 0 Å². The summed E-state index contributed by atoms with van der Waals surface area (Å²) in [5, 5.41) is 16.0. The fourth-order valence-electron chi connectivity index (χ4n) is 11.4. The van der Waals surface area contributed by atoms with Gasteiger partial charge in [-0.2, -0.15) is 0 Å².